The largest absolute Gasteiger partial charge is 0.478 e. The van der Waals surface area contributed by atoms with E-state index in [1.807, 2.05) is 0 Å². The van der Waals surface area contributed by atoms with Gasteiger partial charge in [-0.3, -0.25) is 0 Å². The monoisotopic (exact) mass is 244 g/mol. The Morgan fingerprint density at radius 2 is 1.20 bits per heavy atom. The summed E-state index contributed by atoms with van der Waals surface area (Å²) in [6.45, 7) is 0. The molecular formula is C8H8N2O4Ti. The number of hydrogen-bond donors (Lipinski definition) is 4. The van der Waals surface area contributed by atoms with E-state index in [9.17, 15) is 9.59 Å². The Bertz CT molecular complexity index is 380. The van der Waals surface area contributed by atoms with Gasteiger partial charge in [0.2, 0.25) is 0 Å². The number of anilines is 2. The molecule has 7 heteroatoms. The average Bonchev–Trinajstić information content (AvgIpc) is 2.07. The maximum atomic E-state index is 10.6. The number of carboxylic acid groups (broad SMARTS) is 2. The number of carbonyl (C=O) groups is 2. The first kappa shape index (κ1) is 13.5. The van der Waals surface area contributed by atoms with E-state index in [0.29, 0.717) is 0 Å². The van der Waals surface area contributed by atoms with E-state index >= 15 is 0 Å². The molecule has 0 aromatic heterocycles. The number of nitrogen functional groups attached to an aromatic ring is 2. The molecule has 0 atom stereocenters. The van der Waals surface area contributed by atoms with Crippen LogP contribution in [-0.4, -0.2) is 22.2 Å². The predicted molar refractivity (Wildman–Crippen MR) is 49.2 cm³/mol. The Morgan fingerprint density at radius 1 is 0.933 bits per heavy atom. The maximum absolute atomic E-state index is 10.6. The molecule has 0 spiro atoms. The summed E-state index contributed by atoms with van der Waals surface area (Å²) in [5, 5.41) is 17.3. The van der Waals surface area contributed by atoms with Gasteiger partial charge < -0.3 is 21.7 Å². The summed E-state index contributed by atoms with van der Waals surface area (Å²) in [6, 6.07) is 2.06. The van der Waals surface area contributed by atoms with Crippen LogP contribution in [0.5, 0.6) is 0 Å². The van der Waals surface area contributed by atoms with Gasteiger partial charge in [0.1, 0.15) is 0 Å². The van der Waals surface area contributed by atoms with Crippen molar-refractivity contribution < 1.29 is 41.5 Å². The number of rotatable bonds is 2. The van der Waals surface area contributed by atoms with Gasteiger partial charge in [0.15, 0.2) is 0 Å². The van der Waals surface area contributed by atoms with Crippen LogP contribution in [0.15, 0.2) is 12.1 Å². The first-order chi connectivity index (χ1) is 6.43. The molecule has 0 saturated heterocycles. The first-order valence-corrected chi connectivity index (χ1v) is 3.59. The molecule has 1 aromatic carbocycles. The standard InChI is InChI=1S/C8H8N2O4.Ti/c9-5-1-3(7(11)12)6(10)2-4(5)8(13)14;/h1-2H,9-10H2,(H,11,12)(H,13,14);. The summed E-state index contributed by atoms with van der Waals surface area (Å²) in [7, 11) is 0. The van der Waals surface area contributed by atoms with Gasteiger partial charge >= 0.3 is 11.9 Å². The predicted octanol–water partition coefficient (Wildman–Crippen LogP) is 0.245. The van der Waals surface area contributed by atoms with Gasteiger partial charge in [0.25, 0.3) is 0 Å². The molecule has 0 heterocycles. The summed E-state index contributed by atoms with van der Waals surface area (Å²) in [5.74, 6) is -2.49. The van der Waals surface area contributed by atoms with Crippen LogP contribution in [0, 0.1) is 0 Å². The van der Waals surface area contributed by atoms with Crippen molar-refractivity contribution in [2.24, 2.45) is 0 Å². The van der Waals surface area contributed by atoms with Crippen molar-refractivity contribution in [3.63, 3.8) is 0 Å². The number of benzene rings is 1. The first-order valence-electron chi connectivity index (χ1n) is 3.59. The molecule has 0 bridgehead atoms. The zero-order valence-corrected chi connectivity index (χ0v) is 9.08. The molecule has 6 nitrogen and oxygen atoms in total. The summed E-state index contributed by atoms with van der Waals surface area (Å²) in [5.41, 5.74) is 10.0. The molecule has 78 valence electrons. The minimum absolute atomic E-state index is 0. The summed E-state index contributed by atoms with van der Waals surface area (Å²) in [6.07, 6.45) is 0. The van der Waals surface area contributed by atoms with E-state index in [-0.39, 0.29) is 44.2 Å². The molecule has 0 unspecified atom stereocenters. The Labute approximate surface area is 99.8 Å². The van der Waals surface area contributed by atoms with Crippen LogP contribution in [0.1, 0.15) is 20.7 Å². The molecule has 0 aliphatic heterocycles. The van der Waals surface area contributed by atoms with E-state index in [1.165, 1.54) is 0 Å². The van der Waals surface area contributed by atoms with Crippen molar-refractivity contribution in [2.45, 2.75) is 0 Å². The van der Waals surface area contributed by atoms with Gasteiger partial charge in [0, 0.05) is 33.1 Å². The Hall–Kier alpha value is -1.53. The fourth-order valence-electron chi connectivity index (χ4n) is 1.00. The topological polar surface area (TPSA) is 127 Å². The SMILES string of the molecule is Nc1cc(C(=O)O)c(N)cc1C(=O)O.[Ti]. The summed E-state index contributed by atoms with van der Waals surface area (Å²) < 4.78 is 0. The summed E-state index contributed by atoms with van der Waals surface area (Å²) >= 11 is 0. The molecule has 0 saturated carbocycles. The minimum Gasteiger partial charge on any atom is -0.478 e. The van der Waals surface area contributed by atoms with Crippen molar-refractivity contribution in [1.29, 1.82) is 0 Å². The zero-order chi connectivity index (χ0) is 10.9. The second-order valence-electron chi connectivity index (χ2n) is 2.64. The van der Waals surface area contributed by atoms with Crippen LogP contribution in [0.25, 0.3) is 0 Å². The van der Waals surface area contributed by atoms with Crippen molar-refractivity contribution in [2.75, 3.05) is 11.5 Å². The molecule has 6 N–H and O–H groups in total. The van der Waals surface area contributed by atoms with Crippen LogP contribution < -0.4 is 11.5 Å². The second-order valence-corrected chi connectivity index (χ2v) is 2.64. The number of hydrogen-bond acceptors (Lipinski definition) is 4. The van der Waals surface area contributed by atoms with Crippen molar-refractivity contribution in [3.05, 3.63) is 23.3 Å². The third-order valence-electron chi connectivity index (χ3n) is 1.68. The van der Waals surface area contributed by atoms with Crippen LogP contribution in [0.3, 0.4) is 0 Å². The Balaban J connectivity index is 0.00000196. The van der Waals surface area contributed by atoms with Gasteiger partial charge in [0.05, 0.1) is 11.1 Å². The van der Waals surface area contributed by atoms with Crippen molar-refractivity contribution >= 4 is 23.3 Å². The molecule has 0 aliphatic carbocycles. The Morgan fingerprint density at radius 3 is 1.40 bits per heavy atom. The van der Waals surface area contributed by atoms with Crippen LogP contribution in [0.2, 0.25) is 0 Å². The van der Waals surface area contributed by atoms with Crippen molar-refractivity contribution in [3.8, 4) is 0 Å². The third-order valence-corrected chi connectivity index (χ3v) is 1.68. The van der Waals surface area contributed by atoms with Crippen LogP contribution in [0.4, 0.5) is 11.4 Å². The quantitative estimate of drug-likeness (QED) is 0.436. The number of nitrogens with two attached hydrogens (primary N) is 2. The van der Waals surface area contributed by atoms with Gasteiger partial charge in [-0.2, -0.15) is 0 Å². The smallest absolute Gasteiger partial charge is 0.337 e. The maximum Gasteiger partial charge on any atom is 0.337 e. The molecule has 0 amide bonds. The molecule has 0 radical (unpaired) electrons. The number of carboxylic acids is 2. The third kappa shape index (κ3) is 2.71. The molecule has 1 rings (SSSR count). The zero-order valence-electron chi connectivity index (χ0n) is 7.52. The van der Waals surface area contributed by atoms with Gasteiger partial charge in [-0.1, -0.05) is 0 Å². The summed E-state index contributed by atoms with van der Waals surface area (Å²) in [4.78, 5) is 21.1. The van der Waals surface area contributed by atoms with Gasteiger partial charge in [-0.25, -0.2) is 9.59 Å². The fraction of sp³-hybridized carbons (Fsp3) is 0. The fourth-order valence-corrected chi connectivity index (χ4v) is 1.00. The van der Waals surface area contributed by atoms with Crippen LogP contribution in [-0.2, 0) is 21.7 Å². The molecule has 15 heavy (non-hydrogen) atoms. The van der Waals surface area contributed by atoms with Gasteiger partial charge in [-0.05, 0) is 12.1 Å². The average molecular weight is 244 g/mol. The van der Waals surface area contributed by atoms with E-state index in [4.69, 9.17) is 21.7 Å². The molecule has 0 aliphatic rings. The van der Waals surface area contributed by atoms with E-state index in [2.05, 4.69) is 0 Å². The minimum atomic E-state index is -1.24. The molecular weight excluding hydrogens is 236 g/mol. The Kier molecular flexibility index (Phi) is 4.32. The van der Waals surface area contributed by atoms with Gasteiger partial charge in [-0.15, -0.1) is 0 Å². The van der Waals surface area contributed by atoms with E-state index in [0.717, 1.165) is 12.1 Å². The van der Waals surface area contributed by atoms with E-state index < -0.39 is 11.9 Å². The second kappa shape index (κ2) is 4.81. The van der Waals surface area contributed by atoms with E-state index in [1.54, 1.807) is 0 Å². The normalized spacial score (nSPS) is 9.07. The number of aromatic carboxylic acids is 2. The molecule has 1 aromatic rings. The molecule has 0 fully saturated rings. The van der Waals surface area contributed by atoms with Crippen LogP contribution >= 0.6 is 0 Å². The van der Waals surface area contributed by atoms with Crippen molar-refractivity contribution in [1.82, 2.24) is 0 Å².